The largest absolute Gasteiger partial charge is 2.00 e. The molecule has 8 nitrogen and oxygen atoms in total. The Morgan fingerprint density at radius 1 is 0.426 bits per heavy atom. The molecule has 0 N–H and O–H groups in total. The molecule has 0 aliphatic carbocycles. The fourth-order valence-electron chi connectivity index (χ4n) is 8.29. The fraction of sp³-hybridized carbons (Fsp3) is 0.240. The van der Waals surface area contributed by atoms with E-state index in [4.69, 9.17) is 38.7 Å². The third-order valence-electron chi connectivity index (χ3n) is 9.91. The Morgan fingerprint density at radius 2 is 0.656 bits per heavy atom. The molecule has 316 valence electrons. The first-order chi connectivity index (χ1) is 28.5. The van der Waals surface area contributed by atoms with Crippen LogP contribution in [0.2, 0.25) is 0 Å². The molecule has 0 saturated heterocycles. The van der Waals surface area contributed by atoms with Gasteiger partial charge in [-0.25, -0.2) is 0 Å². The van der Waals surface area contributed by atoms with Crippen LogP contribution < -0.4 is 61.0 Å². The van der Waals surface area contributed by atoms with Crippen molar-refractivity contribution < 1.29 is 58.2 Å². The Balaban J connectivity index is 0.000000722. The molecule has 61 heavy (non-hydrogen) atoms. The molecule has 0 fully saturated rings. The summed E-state index contributed by atoms with van der Waals surface area (Å²) in [6.07, 6.45) is 0. The Hall–Kier alpha value is -5.06. The van der Waals surface area contributed by atoms with Gasteiger partial charge in [-0.05, 0) is 187 Å². The van der Waals surface area contributed by atoms with Crippen molar-refractivity contribution in [3.05, 3.63) is 142 Å². The normalized spacial score (nSPS) is 11.9. The quantitative estimate of drug-likeness (QED) is 0.147. The zero-order valence-corrected chi connectivity index (χ0v) is 40.0. The average Bonchev–Trinajstić information content (AvgIpc) is 3.80. The molecule has 2 heterocycles. The van der Waals surface area contributed by atoms with Crippen LogP contribution in [0.3, 0.4) is 0 Å². The van der Waals surface area contributed by atoms with Crippen LogP contribution in [-0.2, 0) is 29.1 Å². The van der Waals surface area contributed by atoms with Crippen LogP contribution in [0.5, 0.6) is 23.0 Å². The van der Waals surface area contributed by atoms with Crippen molar-refractivity contribution in [2.24, 2.45) is 0 Å². The summed E-state index contributed by atoms with van der Waals surface area (Å²) in [5.41, 5.74) is 12.2. The third-order valence-corrected chi connectivity index (χ3v) is 15.3. The molecule has 2 aliphatic heterocycles. The van der Waals surface area contributed by atoms with E-state index >= 15 is 0 Å². The van der Waals surface area contributed by atoms with Crippen LogP contribution in [0, 0.1) is 55.4 Å². The van der Waals surface area contributed by atoms with E-state index in [1.54, 1.807) is 0 Å². The molecule has 0 aromatic heterocycles. The molecule has 0 radical (unpaired) electrons. The minimum absolute atomic E-state index is 0. The predicted molar refractivity (Wildman–Crippen MR) is 244 cm³/mol. The van der Waals surface area contributed by atoms with Gasteiger partial charge in [0, 0.05) is 11.9 Å². The number of carboxylic acids is 2. The SMILES string of the molecule is CC(=O)[O-].CC(=O)[O-].Cc1cc(C)cc([PH+](c2cc(C)cc(C)c2)c2ccc3c(c2-c2c([PH+](c4cc(C)cc(C)c4)c4cc(C)cc(C)c4)ccc4c2OCO4)OCO3)c1.[Ru+2]. The average molecular weight is 944 g/mol. The number of carbonyl (C=O) groups excluding carboxylic acids is 2. The van der Waals surface area contributed by atoms with Crippen LogP contribution >= 0.6 is 15.8 Å². The summed E-state index contributed by atoms with van der Waals surface area (Å²) >= 11 is 0. The first-order valence-electron chi connectivity index (χ1n) is 19.8. The van der Waals surface area contributed by atoms with Crippen molar-refractivity contribution in [2.75, 3.05) is 13.6 Å². The topological polar surface area (TPSA) is 117 Å². The van der Waals surface area contributed by atoms with Crippen LogP contribution in [0.1, 0.15) is 58.4 Å². The minimum Gasteiger partial charge on any atom is -0.550 e. The molecule has 8 rings (SSSR count). The zero-order chi connectivity index (χ0) is 43.4. The van der Waals surface area contributed by atoms with Crippen LogP contribution in [0.25, 0.3) is 11.1 Å². The molecule has 6 aromatic carbocycles. The molecule has 0 amide bonds. The van der Waals surface area contributed by atoms with Gasteiger partial charge >= 0.3 is 19.5 Å². The number of carbonyl (C=O) groups is 2. The van der Waals surface area contributed by atoms with Gasteiger partial charge in [-0.1, -0.05) is 24.3 Å². The Morgan fingerprint density at radius 3 is 0.885 bits per heavy atom. The number of fused-ring (bicyclic) bond motifs is 2. The minimum atomic E-state index is -1.60. The second-order valence-corrected chi connectivity index (χ2v) is 20.6. The summed E-state index contributed by atoms with van der Waals surface area (Å²) < 4.78 is 25.4. The van der Waals surface area contributed by atoms with Gasteiger partial charge in [0.15, 0.2) is 23.0 Å². The molecule has 6 aromatic rings. The smallest absolute Gasteiger partial charge is 0.550 e. The van der Waals surface area contributed by atoms with E-state index < -0.39 is 27.8 Å². The summed E-state index contributed by atoms with van der Waals surface area (Å²) in [6, 6.07) is 36.9. The monoisotopic (exact) mass is 944 g/mol. The van der Waals surface area contributed by atoms with Crippen molar-refractivity contribution in [3.63, 3.8) is 0 Å². The maximum atomic E-state index is 8.89. The van der Waals surface area contributed by atoms with Crippen molar-refractivity contribution >= 4 is 59.6 Å². The first kappa shape index (κ1) is 47.0. The van der Waals surface area contributed by atoms with E-state index in [1.807, 2.05) is 0 Å². The summed E-state index contributed by atoms with van der Waals surface area (Å²) in [7, 11) is -3.19. The van der Waals surface area contributed by atoms with Crippen molar-refractivity contribution in [1.29, 1.82) is 0 Å². The van der Waals surface area contributed by atoms with Crippen molar-refractivity contribution in [2.45, 2.75) is 69.2 Å². The zero-order valence-electron chi connectivity index (χ0n) is 36.3. The van der Waals surface area contributed by atoms with Gasteiger partial charge in [0.2, 0.25) is 13.6 Å². The van der Waals surface area contributed by atoms with Gasteiger partial charge in [-0.15, -0.1) is 0 Å². The number of aryl methyl sites for hydroxylation is 8. The van der Waals surface area contributed by atoms with E-state index in [0.717, 1.165) is 48.0 Å². The molecule has 0 saturated carbocycles. The van der Waals surface area contributed by atoms with Crippen LogP contribution in [0.4, 0.5) is 0 Å². The van der Waals surface area contributed by atoms with Gasteiger partial charge in [0.1, 0.15) is 31.8 Å². The number of ether oxygens (including phenoxy) is 4. The molecule has 0 bridgehead atoms. The van der Waals surface area contributed by atoms with Crippen LogP contribution in [0.15, 0.2) is 97.1 Å². The van der Waals surface area contributed by atoms with E-state index in [-0.39, 0.29) is 33.1 Å². The maximum absolute atomic E-state index is 8.89. The number of aliphatic carboxylic acids is 2. The van der Waals surface area contributed by atoms with E-state index in [1.165, 1.54) is 76.3 Å². The number of carboxylic acid groups (broad SMARTS) is 2. The van der Waals surface area contributed by atoms with Crippen molar-refractivity contribution in [3.8, 4) is 34.1 Å². The standard InChI is InChI=1S/C46H44O4P2.2C2H4O2.Ru/c1-27-13-28(2)18-35(17-27)51(36-19-29(3)14-30(4)20-36)41-11-9-39-45(49-25-47-39)43(41)44-42(12-10-40-46(44)50-26-48-40)52(37-21-31(5)15-32(6)22-37)38-23-33(7)16-34(8)24-38;2*1-2(3)4;/h9-24H,25-26H2,1-8H3;2*1H3,(H,3,4);/q;;;+2. The van der Waals surface area contributed by atoms with Gasteiger partial charge in [-0.3, -0.25) is 0 Å². The Bertz CT molecular complexity index is 2230. The van der Waals surface area contributed by atoms with Gasteiger partial charge < -0.3 is 38.7 Å². The number of hydrogen-bond acceptors (Lipinski definition) is 8. The maximum Gasteiger partial charge on any atom is 2.00 e. The predicted octanol–water partition coefficient (Wildman–Crippen LogP) is 5.77. The van der Waals surface area contributed by atoms with Gasteiger partial charge in [0.25, 0.3) is 0 Å². The number of hydrogen-bond donors (Lipinski definition) is 0. The van der Waals surface area contributed by atoms with E-state index in [0.29, 0.717) is 0 Å². The van der Waals surface area contributed by atoms with Crippen LogP contribution in [-0.4, -0.2) is 25.5 Å². The second-order valence-electron chi connectivity index (χ2n) is 15.7. The summed E-state index contributed by atoms with van der Waals surface area (Å²) in [4.78, 5) is 17.8. The molecule has 2 aliphatic rings. The molecule has 0 spiro atoms. The molecular weight excluding hydrogens is 892 g/mol. The van der Waals surface area contributed by atoms with Crippen molar-refractivity contribution in [1.82, 2.24) is 0 Å². The third kappa shape index (κ3) is 11.3. The Kier molecular flexibility index (Phi) is 15.6. The molecule has 11 heteroatoms. The Labute approximate surface area is 374 Å². The van der Waals surface area contributed by atoms with Gasteiger partial charge in [0.05, 0.1) is 27.0 Å². The second kappa shape index (κ2) is 20.2. The summed E-state index contributed by atoms with van der Waals surface area (Å²) in [5, 5.41) is 25.6. The molecular formula is C50H52O8P2Ru+2. The van der Waals surface area contributed by atoms with E-state index in [2.05, 4.69) is 152 Å². The summed E-state index contributed by atoms with van der Waals surface area (Å²) in [5.74, 6) is 0.909. The van der Waals surface area contributed by atoms with Gasteiger partial charge in [-0.2, -0.15) is 0 Å². The molecule has 0 atom stereocenters. The fourth-order valence-corrected chi connectivity index (χ4v) is 14.7. The number of rotatable bonds is 7. The molecule has 0 unspecified atom stereocenters. The summed E-state index contributed by atoms with van der Waals surface area (Å²) in [6.45, 7) is 19.9. The number of benzene rings is 6. The van der Waals surface area contributed by atoms with E-state index in [9.17, 15) is 0 Å². The first-order valence-corrected chi connectivity index (χ1v) is 22.8.